The molecule has 0 atom stereocenters. The fraction of sp³-hybridized carbons (Fsp3) is 0.389. The van der Waals surface area contributed by atoms with E-state index in [2.05, 4.69) is 12.1 Å². The molecule has 7 nitrogen and oxygen atoms in total. The fourth-order valence-electron chi connectivity index (χ4n) is 5.38. The maximum atomic E-state index is 12.3. The van der Waals surface area contributed by atoms with E-state index < -0.39 is 11.9 Å². The lowest BCUT2D eigenvalue weighted by atomic mass is 9.84. The van der Waals surface area contributed by atoms with E-state index >= 15 is 0 Å². The molecule has 0 amide bonds. The van der Waals surface area contributed by atoms with Gasteiger partial charge in [-0.2, -0.15) is 0 Å². The predicted octanol–water partition coefficient (Wildman–Crippen LogP) is 8.09. The van der Waals surface area contributed by atoms with Crippen LogP contribution >= 0.6 is 0 Å². The van der Waals surface area contributed by atoms with Crippen molar-refractivity contribution >= 4 is 29.4 Å². The number of carbonyl (C=O) groups excluding carboxylic acids is 2. The van der Waals surface area contributed by atoms with Crippen LogP contribution in [0.3, 0.4) is 0 Å². The average molecular weight is 585 g/mol. The molecular formula is C36H44N2O5. The Morgan fingerprint density at radius 2 is 1.33 bits per heavy atom. The Kier molecular flexibility index (Phi) is 12.5. The summed E-state index contributed by atoms with van der Waals surface area (Å²) in [7, 11) is 0. The summed E-state index contributed by atoms with van der Waals surface area (Å²) in [6.45, 7) is 1.04. The standard InChI is InChI=1S/C36H44N2O5/c37-31-24-30(25-32(38)26-31)36(40)42-23-9-4-2-1-3-8-22-41-33-17-12-27(13-18-33)14-21-35(39)43-34-19-15-29(16-20-34)28-10-6-5-7-11-28/h12-21,24-26,28H,1-11,22-23,37-38H2/b21-14+. The van der Waals surface area contributed by atoms with Crippen molar-refractivity contribution in [2.24, 2.45) is 0 Å². The number of esters is 2. The minimum atomic E-state index is -0.395. The second-order valence-corrected chi connectivity index (χ2v) is 11.2. The van der Waals surface area contributed by atoms with E-state index in [0.717, 1.165) is 49.8 Å². The summed E-state index contributed by atoms with van der Waals surface area (Å²) in [6.07, 6.45) is 15.7. The van der Waals surface area contributed by atoms with Crippen molar-refractivity contribution < 1.29 is 23.8 Å². The number of unbranched alkanes of at least 4 members (excludes halogenated alkanes) is 5. The Labute approximate surface area is 255 Å². The summed E-state index contributed by atoms with van der Waals surface area (Å²) in [5.74, 6) is 1.22. The topological polar surface area (TPSA) is 114 Å². The van der Waals surface area contributed by atoms with Crippen molar-refractivity contribution in [3.8, 4) is 11.5 Å². The van der Waals surface area contributed by atoms with E-state index in [0.29, 0.717) is 41.8 Å². The summed E-state index contributed by atoms with van der Waals surface area (Å²) < 4.78 is 16.6. The van der Waals surface area contributed by atoms with Gasteiger partial charge in [-0.25, -0.2) is 9.59 Å². The monoisotopic (exact) mass is 584 g/mol. The number of rotatable bonds is 15. The lowest BCUT2D eigenvalue weighted by molar-refractivity contribution is -0.128. The van der Waals surface area contributed by atoms with Gasteiger partial charge < -0.3 is 25.7 Å². The molecule has 0 radical (unpaired) electrons. The lowest BCUT2D eigenvalue weighted by Gasteiger charge is -2.21. The van der Waals surface area contributed by atoms with Crippen molar-refractivity contribution in [3.63, 3.8) is 0 Å². The van der Waals surface area contributed by atoms with Crippen LogP contribution < -0.4 is 20.9 Å². The van der Waals surface area contributed by atoms with Crippen LogP contribution in [-0.4, -0.2) is 25.2 Å². The molecule has 0 unspecified atom stereocenters. The lowest BCUT2D eigenvalue weighted by Crippen LogP contribution is -2.07. The molecule has 0 aromatic heterocycles. The van der Waals surface area contributed by atoms with Gasteiger partial charge in [-0.15, -0.1) is 0 Å². The van der Waals surface area contributed by atoms with Gasteiger partial charge in [0.15, 0.2) is 0 Å². The number of hydrogen-bond acceptors (Lipinski definition) is 7. The Morgan fingerprint density at radius 3 is 2.00 bits per heavy atom. The zero-order valence-electron chi connectivity index (χ0n) is 25.0. The SMILES string of the molecule is Nc1cc(N)cc(C(=O)OCCCCCCCCOc2ccc(/C=C/C(=O)Oc3ccc(C4CCCCC4)cc3)cc2)c1. The number of nitrogens with two attached hydrogens (primary N) is 2. The van der Waals surface area contributed by atoms with Crippen LogP contribution in [0, 0.1) is 0 Å². The summed E-state index contributed by atoms with van der Waals surface area (Å²) in [4.78, 5) is 24.4. The number of ether oxygens (including phenoxy) is 3. The summed E-state index contributed by atoms with van der Waals surface area (Å²) in [5, 5.41) is 0. The Balaban J connectivity index is 1.03. The molecule has 1 saturated carbocycles. The molecule has 0 aliphatic heterocycles. The molecule has 0 spiro atoms. The molecule has 1 aliphatic rings. The summed E-state index contributed by atoms with van der Waals surface area (Å²) in [5.41, 5.74) is 15.0. The molecular weight excluding hydrogens is 540 g/mol. The Morgan fingerprint density at radius 1 is 0.721 bits per heavy atom. The molecule has 3 aromatic carbocycles. The van der Waals surface area contributed by atoms with E-state index in [1.807, 2.05) is 36.4 Å². The number of carbonyl (C=O) groups is 2. The molecule has 4 rings (SSSR count). The maximum Gasteiger partial charge on any atom is 0.338 e. The molecule has 1 aliphatic carbocycles. The molecule has 43 heavy (non-hydrogen) atoms. The molecule has 0 saturated heterocycles. The minimum Gasteiger partial charge on any atom is -0.494 e. The number of nitrogen functional groups attached to an aromatic ring is 2. The second kappa shape index (κ2) is 17.0. The summed E-state index contributed by atoms with van der Waals surface area (Å²) >= 11 is 0. The van der Waals surface area contributed by atoms with Crippen LogP contribution in [0.25, 0.3) is 6.08 Å². The van der Waals surface area contributed by atoms with Gasteiger partial charge in [0.25, 0.3) is 0 Å². The minimum absolute atomic E-state index is 0.384. The van der Waals surface area contributed by atoms with E-state index in [-0.39, 0.29) is 0 Å². The largest absolute Gasteiger partial charge is 0.494 e. The van der Waals surface area contributed by atoms with Gasteiger partial charge in [-0.1, -0.05) is 69.2 Å². The van der Waals surface area contributed by atoms with Gasteiger partial charge in [0.2, 0.25) is 0 Å². The van der Waals surface area contributed by atoms with E-state index in [1.54, 1.807) is 24.3 Å². The van der Waals surface area contributed by atoms with Crippen LogP contribution in [0.15, 0.2) is 72.8 Å². The van der Waals surface area contributed by atoms with Crippen LogP contribution in [-0.2, 0) is 9.53 Å². The van der Waals surface area contributed by atoms with Crippen molar-refractivity contribution in [2.75, 3.05) is 24.7 Å². The first-order chi connectivity index (χ1) is 21.0. The van der Waals surface area contributed by atoms with Crippen molar-refractivity contribution in [1.29, 1.82) is 0 Å². The summed E-state index contributed by atoms with van der Waals surface area (Å²) in [6, 6.07) is 20.4. The van der Waals surface area contributed by atoms with Gasteiger partial charge in [-0.3, -0.25) is 0 Å². The van der Waals surface area contributed by atoms with E-state index in [4.69, 9.17) is 25.7 Å². The van der Waals surface area contributed by atoms with Crippen LogP contribution in [0.4, 0.5) is 11.4 Å². The van der Waals surface area contributed by atoms with Gasteiger partial charge in [0.05, 0.1) is 18.8 Å². The second-order valence-electron chi connectivity index (χ2n) is 11.2. The van der Waals surface area contributed by atoms with Crippen molar-refractivity contribution in [2.45, 2.75) is 76.5 Å². The molecule has 7 heteroatoms. The van der Waals surface area contributed by atoms with E-state index in [9.17, 15) is 9.59 Å². The highest BCUT2D eigenvalue weighted by molar-refractivity contribution is 5.91. The third kappa shape index (κ3) is 11.2. The molecule has 0 heterocycles. The molecule has 4 N–H and O–H groups in total. The smallest absolute Gasteiger partial charge is 0.338 e. The first kappa shape index (κ1) is 31.7. The molecule has 228 valence electrons. The zero-order chi connectivity index (χ0) is 30.3. The first-order valence-electron chi connectivity index (χ1n) is 15.5. The molecule has 0 bridgehead atoms. The highest BCUT2D eigenvalue weighted by Crippen LogP contribution is 2.33. The zero-order valence-corrected chi connectivity index (χ0v) is 25.0. The van der Waals surface area contributed by atoms with Crippen LogP contribution in [0.1, 0.15) is 98.0 Å². The fourth-order valence-corrected chi connectivity index (χ4v) is 5.38. The highest BCUT2D eigenvalue weighted by Gasteiger charge is 2.15. The average Bonchev–Trinajstić information content (AvgIpc) is 3.01. The third-order valence-electron chi connectivity index (χ3n) is 7.72. The number of benzene rings is 3. The van der Waals surface area contributed by atoms with Crippen LogP contribution in [0.5, 0.6) is 11.5 Å². The Hall–Kier alpha value is -4.26. The van der Waals surface area contributed by atoms with Crippen molar-refractivity contribution in [1.82, 2.24) is 0 Å². The van der Waals surface area contributed by atoms with Crippen molar-refractivity contribution in [3.05, 3.63) is 89.5 Å². The maximum absolute atomic E-state index is 12.3. The van der Waals surface area contributed by atoms with E-state index in [1.165, 1.54) is 43.7 Å². The Bertz CT molecular complexity index is 1310. The first-order valence-corrected chi connectivity index (χ1v) is 15.5. The molecule has 3 aromatic rings. The number of hydrogen-bond donors (Lipinski definition) is 2. The normalized spacial score (nSPS) is 13.6. The number of anilines is 2. The quantitative estimate of drug-likeness (QED) is 0.0610. The molecule has 1 fully saturated rings. The van der Waals surface area contributed by atoms with Gasteiger partial charge in [0, 0.05) is 17.5 Å². The van der Waals surface area contributed by atoms with Gasteiger partial charge in [-0.05, 0) is 91.3 Å². The predicted molar refractivity (Wildman–Crippen MR) is 172 cm³/mol. The van der Waals surface area contributed by atoms with Gasteiger partial charge in [0.1, 0.15) is 11.5 Å². The third-order valence-corrected chi connectivity index (χ3v) is 7.72. The highest BCUT2D eigenvalue weighted by atomic mass is 16.5. The van der Waals surface area contributed by atoms with Crippen LogP contribution in [0.2, 0.25) is 0 Å². The van der Waals surface area contributed by atoms with Gasteiger partial charge >= 0.3 is 11.9 Å².